The average Bonchev–Trinajstić information content (AvgIpc) is 3.21. The molecule has 0 aliphatic heterocycles. The molecule has 1 saturated carbocycles. The van der Waals surface area contributed by atoms with Crippen molar-refractivity contribution in [3.05, 3.63) is 64.1 Å². The normalized spacial score (nSPS) is 20.6. The summed E-state index contributed by atoms with van der Waals surface area (Å²) in [7, 11) is 0. The highest BCUT2D eigenvalue weighted by atomic mass is 79.9. The molecule has 1 fully saturated rings. The zero-order valence-electron chi connectivity index (χ0n) is 10.6. The SMILES string of the molecule is O=C(O)c1cc(SC2CC2c2ccccc2)ccc1Br. The summed E-state index contributed by atoms with van der Waals surface area (Å²) >= 11 is 5.04. The first kappa shape index (κ1) is 13.7. The number of benzene rings is 2. The van der Waals surface area contributed by atoms with Gasteiger partial charge in [0.25, 0.3) is 0 Å². The smallest absolute Gasteiger partial charge is 0.336 e. The lowest BCUT2D eigenvalue weighted by atomic mass is 10.1. The van der Waals surface area contributed by atoms with Crippen molar-refractivity contribution < 1.29 is 9.90 Å². The van der Waals surface area contributed by atoms with Gasteiger partial charge in [-0.15, -0.1) is 11.8 Å². The molecule has 2 atom stereocenters. The molecule has 0 amide bonds. The largest absolute Gasteiger partial charge is 0.478 e. The van der Waals surface area contributed by atoms with E-state index in [2.05, 4.69) is 40.2 Å². The zero-order valence-corrected chi connectivity index (χ0v) is 13.0. The summed E-state index contributed by atoms with van der Waals surface area (Å²) in [5.41, 5.74) is 1.70. The van der Waals surface area contributed by atoms with Crippen LogP contribution in [-0.4, -0.2) is 16.3 Å². The third-order valence-corrected chi connectivity index (χ3v) is 5.46. The molecule has 1 aliphatic carbocycles. The number of carboxylic acids is 1. The van der Waals surface area contributed by atoms with Gasteiger partial charge in [-0.1, -0.05) is 30.3 Å². The van der Waals surface area contributed by atoms with E-state index in [1.165, 1.54) is 5.56 Å². The number of carbonyl (C=O) groups is 1. The molecule has 0 saturated heterocycles. The third kappa shape index (κ3) is 2.91. The Balaban J connectivity index is 1.71. The molecule has 0 aromatic heterocycles. The van der Waals surface area contributed by atoms with Crippen LogP contribution in [-0.2, 0) is 0 Å². The Kier molecular flexibility index (Phi) is 3.85. The Labute approximate surface area is 130 Å². The molecule has 4 heteroatoms. The summed E-state index contributed by atoms with van der Waals surface area (Å²) in [5, 5.41) is 9.69. The van der Waals surface area contributed by atoms with Crippen molar-refractivity contribution in [2.24, 2.45) is 0 Å². The second kappa shape index (κ2) is 5.62. The van der Waals surface area contributed by atoms with Crippen LogP contribution in [0, 0.1) is 0 Å². The summed E-state index contributed by atoms with van der Waals surface area (Å²) in [6, 6.07) is 16.0. The van der Waals surface area contributed by atoms with Gasteiger partial charge in [0.15, 0.2) is 0 Å². The van der Waals surface area contributed by atoms with Crippen LogP contribution in [0.3, 0.4) is 0 Å². The van der Waals surface area contributed by atoms with Crippen molar-refractivity contribution in [2.45, 2.75) is 22.5 Å². The molecule has 0 bridgehead atoms. The molecule has 102 valence electrons. The molecule has 0 spiro atoms. The van der Waals surface area contributed by atoms with Crippen molar-refractivity contribution >= 4 is 33.7 Å². The minimum Gasteiger partial charge on any atom is -0.478 e. The summed E-state index contributed by atoms with van der Waals surface area (Å²) in [6.45, 7) is 0. The number of thioether (sulfide) groups is 1. The third-order valence-electron chi connectivity index (χ3n) is 3.42. The molecule has 2 unspecified atom stereocenters. The lowest BCUT2D eigenvalue weighted by Gasteiger charge is -2.04. The topological polar surface area (TPSA) is 37.3 Å². The lowest BCUT2D eigenvalue weighted by Crippen LogP contribution is -1.97. The van der Waals surface area contributed by atoms with Crippen LogP contribution in [0.25, 0.3) is 0 Å². The van der Waals surface area contributed by atoms with E-state index in [4.69, 9.17) is 5.11 Å². The van der Waals surface area contributed by atoms with Crippen molar-refractivity contribution in [3.63, 3.8) is 0 Å². The number of carboxylic acid groups (broad SMARTS) is 1. The maximum Gasteiger partial charge on any atom is 0.336 e. The monoisotopic (exact) mass is 348 g/mol. The summed E-state index contributed by atoms with van der Waals surface area (Å²) in [6.07, 6.45) is 1.16. The van der Waals surface area contributed by atoms with Crippen LogP contribution in [0.5, 0.6) is 0 Å². The Hall–Kier alpha value is -1.26. The van der Waals surface area contributed by atoms with Crippen LogP contribution in [0.1, 0.15) is 28.3 Å². The molecule has 2 aromatic rings. The maximum absolute atomic E-state index is 11.1. The Morgan fingerprint density at radius 3 is 2.65 bits per heavy atom. The molecule has 0 radical (unpaired) electrons. The first-order valence-electron chi connectivity index (χ1n) is 6.39. The molecule has 0 heterocycles. The fourth-order valence-electron chi connectivity index (χ4n) is 2.27. The highest BCUT2D eigenvalue weighted by Gasteiger charge is 2.39. The van der Waals surface area contributed by atoms with Gasteiger partial charge in [-0.25, -0.2) is 4.79 Å². The number of rotatable bonds is 4. The van der Waals surface area contributed by atoms with Crippen molar-refractivity contribution in [1.29, 1.82) is 0 Å². The van der Waals surface area contributed by atoms with Gasteiger partial charge in [0.1, 0.15) is 0 Å². The number of halogens is 1. The fraction of sp³-hybridized carbons (Fsp3) is 0.188. The van der Waals surface area contributed by atoms with Gasteiger partial charge in [0.05, 0.1) is 5.56 Å². The number of hydrogen-bond acceptors (Lipinski definition) is 2. The Morgan fingerprint density at radius 1 is 1.20 bits per heavy atom. The Bertz CT molecular complexity index is 642. The molecule has 1 N–H and O–H groups in total. The Morgan fingerprint density at radius 2 is 1.95 bits per heavy atom. The predicted molar refractivity (Wildman–Crippen MR) is 84.5 cm³/mol. The van der Waals surface area contributed by atoms with Crippen molar-refractivity contribution in [3.8, 4) is 0 Å². The molecule has 1 aliphatic rings. The minimum absolute atomic E-state index is 0.326. The molecular formula is C16H13BrO2S. The van der Waals surface area contributed by atoms with Gasteiger partial charge in [-0.3, -0.25) is 0 Å². The highest BCUT2D eigenvalue weighted by Crippen LogP contribution is 2.51. The van der Waals surface area contributed by atoms with E-state index in [1.54, 1.807) is 17.8 Å². The molecule has 2 nitrogen and oxygen atoms in total. The summed E-state index contributed by atoms with van der Waals surface area (Å²) in [5.74, 6) is -0.298. The highest BCUT2D eigenvalue weighted by molar-refractivity contribution is 9.10. The molecule has 20 heavy (non-hydrogen) atoms. The number of aromatic carboxylic acids is 1. The van der Waals surface area contributed by atoms with Crippen LogP contribution in [0.4, 0.5) is 0 Å². The molecule has 3 rings (SSSR count). The van der Waals surface area contributed by atoms with E-state index in [0.29, 0.717) is 21.2 Å². The quantitative estimate of drug-likeness (QED) is 0.862. The van der Waals surface area contributed by atoms with Crippen molar-refractivity contribution in [1.82, 2.24) is 0 Å². The van der Waals surface area contributed by atoms with Crippen LogP contribution in [0.15, 0.2) is 57.9 Å². The van der Waals surface area contributed by atoms with E-state index < -0.39 is 5.97 Å². The van der Waals surface area contributed by atoms with Crippen LogP contribution >= 0.6 is 27.7 Å². The average molecular weight is 349 g/mol. The molecule has 2 aromatic carbocycles. The van der Waals surface area contributed by atoms with Gasteiger partial charge in [0, 0.05) is 14.6 Å². The first-order valence-corrected chi connectivity index (χ1v) is 8.07. The second-order valence-electron chi connectivity index (χ2n) is 4.86. The van der Waals surface area contributed by atoms with E-state index in [-0.39, 0.29) is 0 Å². The lowest BCUT2D eigenvalue weighted by molar-refractivity contribution is 0.0695. The standard InChI is InChI=1S/C16H13BrO2S/c17-14-7-6-11(8-13(14)16(18)19)20-15-9-12(15)10-4-2-1-3-5-10/h1-8,12,15H,9H2,(H,18,19). The van der Waals surface area contributed by atoms with Gasteiger partial charge >= 0.3 is 5.97 Å². The van der Waals surface area contributed by atoms with E-state index in [9.17, 15) is 4.79 Å². The minimum atomic E-state index is -0.894. The van der Waals surface area contributed by atoms with Gasteiger partial charge in [0.2, 0.25) is 0 Å². The van der Waals surface area contributed by atoms with Gasteiger partial charge in [-0.2, -0.15) is 0 Å². The number of hydrogen-bond donors (Lipinski definition) is 1. The van der Waals surface area contributed by atoms with Crippen LogP contribution < -0.4 is 0 Å². The van der Waals surface area contributed by atoms with E-state index in [0.717, 1.165) is 11.3 Å². The summed E-state index contributed by atoms with van der Waals surface area (Å²) in [4.78, 5) is 12.1. The van der Waals surface area contributed by atoms with E-state index in [1.807, 2.05) is 18.2 Å². The molecular weight excluding hydrogens is 336 g/mol. The van der Waals surface area contributed by atoms with Crippen molar-refractivity contribution in [2.75, 3.05) is 0 Å². The van der Waals surface area contributed by atoms with Gasteiger partial charge < -0.3 is 5.11 Å². The second-order valence-corrected chi connectivity index (χ2v) is 7.02. The van der Waals surface area contributed by atoms with E-state index >= 15 is 0 Å². The van der Waals surface area contributed by atoms with Gasteiger partial charge in [-0.05, 0) is 52.0 Å². The van der Waals surface area contributed by atoms with Crippen LogP contribution in [0.2, 0.25) is 0 Å². The maximum atomic E-state index is 11.1. The summed E-state index contributed by atoms with van der Waals surface area (Å²) < 4.78 is 0.629. The predicted octanol–water partition coefficient (Wildman–Crippen LogP) is 4.80. The fourth-order valence-corrected chi connectivity index (χ4v) is 3.99. The zero-order chi connectivity index (χ0) is 14.1. The first-order chi connectivity index (χ1) is 9.65.